The van der Waals surface area contributed by atoms with Gasteiger partial charge in [0, 0.05) is 18.1 Å². The summed E-state index contributed by atoms with van der Waals surface area (Å²) < 4.78 is 0. The molecule has 4 heteroatoms. The molecule has 88 valence electrons. The predicted molar refractivity (Wildman–Crippen MR) is 69.7 cm³/mol. The lowest BCUT2D eigenvalue weighted by Crippen LogP contribution is -2.10. The maximum atomic E-state index is 5.88. The zero-order valence-corrected chi connectivity index (χ0v) is 10.0. The molecule has 0 aliphatic rings. The molecule has 2 rings (SSSR count). The molecular weight excluding hydrogens is 212 g/mol. The van der Waals surface area contributed by atoms with Crippen molar-refractivity contribution in [2.45, 2.75) is 19.9 Å². The zero-order chi connectivity index (χ0) is 12.3. The Morgan fingerprint density at radius 3 is 2.82 bits per heavy atom. The predicted octanol–water partition coefficient (Wildman–Crippen LogP) is 2.54. The number of anilines is 2. The lowest BCUT2D eigenvalue weighted by Gasteiger charge is -2.16. The topological polar surface area (TPSA) is 63.8 Å². The first-order chi connectivity index (χ1) is 8.16. The van der Waals surface area contributed by atoms with Gasteiger partial charge >= 0.3 is 0 Å². The van der Waals surface area contributed by atoms with Crippen LogP contribution < -0.4 is 11.1 Å². The number of nitrogens with two attached hydrogens (primary N) is 1. The molecule has 17 heavy (non-hydrogen) atoms. The second-order valence-electron chi connectivity index (χ2n) is 4.04. The van der Waals surface area contributed by atoms with E-state index >= 15 is 0 Å². The molecule has 2 heterocycles. The summed E-state index contributed by atoms with van der Waals surface area (Å²) in [6.07, 6.45) is 3.60. The molecule has 0 saturated heterocycles. The second-order valence-corrected chi connectivity index (χ2v) is 4.04. The summed E-state index contributed by atoms with van der Waals surface area (Å²) in [5.41, 5.74) is 8.59. The largest absolute Gasteiger partial charge is 0.396 e. The second kappa shape index (κ2) is 4.82. The Hall–Kier alpha value is -2.10. The maximum Gasteiger partial charge on any atom is 0.149 e. The minimum absolute atomic E-state index is 0.125. The summed E-state index contributed by atoms with van der Waals surface area (Å²) in [6, 6.07) is 7.83. The highest BCUT2D eigenvalue weighted by atomic mass is 15.0. The van der Waals surface area contributed by atoms with Crippen LogP contribution in [0.5, 0.6) is 0 Å². The van der Waals surface area contributed by atoms with Gasteiger partial charge in [0.2, 0.25) is 0 Å². The average molecular weight is 228 g/mol. The monoisotopic (exact) mass is 228 g/mol. The summed E-state index contributed by atoms with van der Waals surface area (Å²) in [6.45, 7) is 4.00. The van der Waals surface area contributed by atoms with Crippen LogP contribution in [0.3, 0.4) is 0 Å². The zero-order valence-electron chi connectivity index (χ0n) is 10.0. The number of nitrogens with zero attached hydrogens (tertiary/aromatic N) is 2. The van der Waals surface area contributed by atoms with E-state index in [0.717, 1.165) is 17.1 Å². The van der Waals surface area contributed by atoms with E-state index in [1.807, 2.05) is 37.4 Å². The fourth-order valence-corrected chi connectivity index (χ4v) is 1.60. The first kappa shape index (κ1) is 11.4. The van der Waals surface area contributed by atoms with Crippen LogP contribution in [0.15, 0.2) is 36.7 Å². The first-order valence-corrected chi connectivity index (χ1v) is 5.56. The van der Waals surface area contributed by atoms with Gasteiger partial charge in [-0.1, -0.05) is 6.07 Å². The Morgan fingerprint density at radius 2 is 2.12 bits per heavy atom. The van der Waals surface area contributed by atoms with E-state index < -0.39 is 0 Å². The third-order valence-electron chi connectivity index (χ3n) is 2.60. The summed E-state index contributed by atoms with van der Waals surface area (Å²) in [5, 5.41) is 3.29. The molecule has 0 spiro atoms. The number of aryl methyl sites for hydroxylation is 1. The van der Waals surface area contributed by atoms with Gasteiger partial charge in [0.05, 0.1) is 11.7 Å². The molecule has 0 aliphatic heterocycles. The molecule has 1 atom stereocenters. The van der Waals surface area contributed by atoms with Gasteiger partial charge in [0.1, 0.15) is 5.82 Å². The van der Waals surface area contributed by atoms with Crippen LogP contribution in [0.1, 0.15) is 24.2 Å². The Morgan fingerprint density at radius 1 is 1.29 bits per heavy atom. The molecule has 0 aliphatic carbocycles. The summed E-state index contributed by atoms with van der Waals surface area (Å²) in [5.74, 6) is 0.723. The Labute approximate surface area is 101 Å². The number of hydrogen-bond acceptors (Lipinski definition) is 4. The smallest absolute Gasteiger partial charge is 0.149 e. The van der Waals surface area contributed by atoms with Crippen LogP contribution in [0, 0.1) is 6.92 Å². The Kier molecular flexibility index (Phi) is 3.23. The molecule has 0 fully saturated rings. The number of nitrogens with one attached hydrogen (secondary N) is 1. The van der Waals surface area contributed by atoms with Crippen molar-refractivity contribution in [3.8, 4) is 0 Å². The van der Waals surface area contributed by atoms with Gasteiger partial charge in [-0.3, -0.25) is 4.98 Å². The molecule has 0 amide bonds. The molecule has 0 aromatic carbocycles. The van der Waals surface area contributed by atoms with Crippen molar-refractivity contribution in [2.75, 3.05) is 11.1 Å². The molecule has 0 bridgehead atoms. The third kappa shape index (κ3) is 2.72. The van der Waals surface area contributed by atoms with Gasteiger partial charge in [-0.15, -0.1) is 0 Å². The summed E-state index contributed by atoms with van der Waals surface area (Å²) in [4.78, 5) is 8.48. The number of pyridine rings is 2. The molecular formula is C13H16N4. The van der Waals surface area contributed by atoms with E-state index in [1.165, 1.54) is 0 Å². The SMILES string of the molecule is Cc1ccc(N)c(NC(C)c2cccnc2)n1. The highest BCUT2D eigenvalue weighted by Crippen LogP contribution is 2.21. The van der Waals surface area contributed by atoms with E-state index in [-0.39, 0.29) is 6.04 Å². The van der Waals surface area contributed by atoms with E-state index in [2.05, 4.69) is 22.2 Å². The van der Waals surface area contributed by atoms with Crippen molar-refractivity contribution in [2.24, 2.45) is 0 Å². The number of hydrogen-bond donors (Lipinski definition) is 2. The standard InChI is InChI=1S/C13H16N4/c1-9-5-6-12(14)13(16-9)17-10(2)11-4-3-7-15-8-11/h3-8,10H,14H2,1-2H3,(H,16,17). The summed E-state index contributed by atoms with van der Waals surface area (Å²) in [7, 11) is 0. The van der Waals surface area contributed by atoms with Crippen LogP contribution in [0.2, 0.25) is 0 Å². The number of aromatic nitrogens is 2. The first-order valence-electron chi connectivity index (χ1n) is 5.56. The summed E-state index contributed by atoms with van der Waals surface area (Å²) >= 11 is 0. The third-order valence-corrected chi connectivity index (χ3v) is 2.60. The van der Waals surface area contributed by atoms with Gasteiger partial charge in [-0.25, -0.2) is 4.98 Å². The fourth-order valence-electron chi connectivity index (χ4n) is 1.60. The van der Waals surface area contributed by atoms with E-state index in [0.29, 0.717) is 5.69 Å². The molecule has 1 unspecified atom stereocenters. The molecule has 0 saturated carbocycles. The van der Waals surface area contributed by atoms with Crippen LogP contribution >= 0.6 is 0 Å². The fraction of sp³-hybridized carbons (Fsp3) is 0.231. The van der Waals surface area contributed by atoms with E-state index in [9.17, 15) is 0 Å². The molecule has 4 nitrogen and oxygen atoms in total. The van der Waals surface area contributed by atoms with Gasteiger partial charge in [0.25, 0.3) is 0 Å². The maximum absolute atomic E-state index is 5.88. The lowest BCUT2D eigenvalue weighted by atomic mass is 10.1. The van der Waals surface area contributed by atoms with Gasteiger partial charge in [-0.05, 0) is 37.6 Å². The van der Waals surface area contributed by atoms with Crippen LogP contribution in [0.25, 0.3) is 0 Å². The van der Waals surface area contributed by atoms with Gasteiger partial charge in [0.15, 0.2) is 0 Å². The molecule has 2 aromatic rings. The van der Waals surface area contributed by atoms with Crippen molar-refractivity contribution in [1.82, 2.24) is 9.97 Å². The minimum atomic E-state index is 0.125. The number of rotatable bonds is 3. The Balaban J connectivity index is 2.18. The van der Waals surface area contributed by atoms with E-state index in [4.69, 9.17) is 5.73 Å². The van der Waals surface area contributed by atoms with Crippen molar-refractivity contribution in [3.05, 3.63) is 47.9 Å². The van der Waals surface area contributed by atoms with Crippen molar-refractivity contribution in [1.29, 1.82) is 0 Å². The molecule has 2 aromatic heterocycles. The van der Waals surface area contributed by atoms with Crippen molar-refractivity contribution in [3.63, 3.8) is 0 Å². The highest BCUT2D eigenvalue weighted by Gasteiger charge is 2.08. The van der Waals surface area contributed by atoms with Crippen LogP contribution in [-0.2, 0) is 0 Å². The lowest BCUT2D eigenvalue weighted by molar-refractivity contribution is 0.865. The Bertz CT molecular complexity index is 496. The molecule has 3 N–H and O–H groups in total. The van der Waals surface area contributed by atoms with Gasteiger partial charge in [-0.2, -0.15) is 0 Å². The highest BCUT2D eigenvalue weighted by molar-refractivity contribution is 5.61. The van der Waals surface area contributed by atoms with Gasteiger partial charge < -0.3 is 11.1 Å². The molecule has 0 radical (unpaired) electrons. The quantitative estimate of drug-likeness (QED) is 0.847. The van der Waals surface area contributed by atoms with Crippen molar-refractivity contribution >= 4 is 11.5 Å². The minimum Gasteiger partial charge on any atom is -0.396 e. The van der Waals surface area contributed by atoms with Crippen molar-refractivity contribution < 1.29 is 0 Å². The normalized spacial score (nSPS) is 12.1. The van der Waals surface area contributed by atoms with Crippen LogP contribution in [0.4, 0.5) is 11.5 Å². The van der Waals surface area contributed by atoms with Crippen LogP contribution in [-0.4, -0.2) is 9.97 Å². The number of nitrogen functional groups attached to an aromatic ring is 1. The van der Waals surface area contributed by atoms with E-state index in [1.54, 1.807) is 6.20 Å². The average Bonchev–Trinajstić information content (AvgIpc) is 2.35.